The van der Waals surface area contributed by atoms with Crippen molar-refractivity contribution in [2.45, 2.75) is 19.3 Å². The number of benzene rings is 1. The van der Waals surface area contributed by atoms with E-state index in [1.54, 1.807) is 45.2 Å². The van der Waals surface area contributed by atoms with Gasteiger partial charge in [-0.1, -0.05) is 12.1 Å². The predicted molar refractivity (Wildman–Crippen MR) is 58.7 cm³/mol. The van der Waals surface area contributed by atoms with Crippen LogP contribution in [-0.2, 0) is 15.0 Å². The molecule has 4 nitrogen and oxygen atoms in total. The second kappa shape index (κ2) is 4.35. The van der Waals surface area contributed by atoms with Crippen LogP contribution in [0.25, 0.3) is 0 Å². The van der Waals surface area contributed by atoms with Crippen LogP contribution in [0.3, 0.4) is 0 Å². The average Bonchev–Trinajstić information content (AvgIpc) is 2.28. The number of methoxy groups -OCH3 is 1. The number of carboxylic acid groups (broad SMARTS) is 1. The number of Topliss-reactive ketones (excluding diaryl/α,β-unsaturated/α-hetero) is 1. The molecule has 1 rings (SSSR count). The second-order valence-electron chi connectivity index (χ2n) is 3.99. The first kappa shape index (κ1) is 12.2. The van der Waals surface area contributed by atoms with Gasteiger partial charge in [0, 0.05) is 0 Å². The fourth-order valence-corrected chi connectivity index (χ4v) is 1.41. The van der Waals surface area contributed by atoms with Crippen LogP contribution in [0.15, 0.2) is 24.3 Å². The van der Waals surface area contributed by atoms with Gasteiger partial charge in [0.2, 0.25) is 5.78 Å². The lowest BCUT2D eigenvalue weighted by Crippen LogP contribution is -2.34. The Hall–Kier alpha value is -1.84. The molecule has 0 aliphatic carbocycles. The fraction of sp³-hybridized carbons (Fsp3) is 0.333. The number of rotatable bonds is 4. The Labute approximate surface area is 93.9 Å². The van der Waals surface area contributed by atoms with E-state index in [-0.39, 0.29) is 0 Å². The van der Waals surface area contributed by atoms with Crippen molar-refractivity contribution in [1.82, 2.24) is 0 Å². The molecule has 4 heteroatoms. The summed E-state index contributed by atoms with van der Waals surface area (Å²) >= 11 is 0. The number of carbonyl (C=O) groups is 2. The molecule has 0 spiro atoms. The lowest BCUT2D eigenvalue weighted by molar-refractivity contribution is -0.151. The summed E-state index contributed by atoms with van der Waals surface area (Å²) in [7, 11) is 1.54. The lowest BCUT2D eigenvalue weighted by Gasteiger charge is -2.21. The van der Waals surface area contributed by atoms with Crippen LogP contribution in [-0.4, -0.2) is 24.0 Å². The zero-order chi connectivity index (χ0) is 12.3. The van der Waals surface area contributed by atoms with Gasteiger partial charge in [0.25, 0.3) is 0 Å². The summed E-state index contributed by atoms with van der Waals surface area (Å²) < 4.78 is 4.99. The molecular formula is C12H14O4. The zero-order valence-corrected chi connectivity index (χ0v) is 9.48. The minimum Gasteiger partial charge on any atom is -0.497 e. The summed E-state index contributed by atoms with van der Waals surface area (Å²) in [4.78, 5) is 22.2. The van der Waals surface area contributed by atoms with Gasteiger partial charge < -0.3 is 9.84 Å². The Bertz CT molecular complexity index is 404. The highest BCUT2D eigenvalue weighted by atomic mass is 16.5. The van der Waals surface area contributed by atoms with E-state index in [2.05, 4.69) is 0 Å². The average molecular weight is 222 g/mol. The van der Waals surface area contributed by atoms with Crippen LogP contribution in [0.1, 0.15) is 19.4 Å². The van der Waals surface area contributed by atoms with E-state index in [0.717, 1.165) is 0 Å². The molecule has 86 valence electrons. The minimum absolute atomic E-state index is 0.653. The number of carbonyl (C=O) groups excluding carboxylic acids is 1. The maximum Gasteiger partial charge on any atom is 0.373 e. The van der Waals surface area contributed by atoms with Crippen LogP contribution >= 0.6 is 0 Å². The van der Waals surface area contributed by atoms with Gasteiger partial charge in [-0.15, -0.1) is 0 Å². The van der Waals surface area contributed by atoms with E-state index < -0.39 is 17.2 Å². The quantitative estimate of drug-likeness (QED) is 0.786. The molecule has 1 N–H and O–H groups in total. The topological polar surface area (TPSA) is 63.6 Å². The molecule has 1 aromatic rings. The van der Waals surface area contributed by atoms with E-state index in [1.165, 1.54) is 0 Å². The SMILES string of the molecule is COc1ccc(C(C)(C)C(=O)C(=O)O)cc1. The van der Waals surface area contributed by atoms with Crippen molar-refractivity contribution in [1.29, 1.82) is 0 Å². The van der Waals surface area contributed by atoms with Gasteiger partial charge >= 0.3 is 5.97 Å². The summed E-state index contributed by atoms with van der Waals surface area (Å²) in [5, 5.41) is 8.71. The van der Waals surface area contributed by atoms with Gasteiger partial charge in [0.15, 0.2) is 0 Å². The molecule has 0 amide bonds. The molecule has 0 aliphatic heterocycles. The molecule has 0 saturated carbocycles. The van der Waals surface area contributed by atoms with Gasteiger partial charge in [-0.25, -0.2) is 4.79 Å². The molecule has 0 aromatic heterocycles. The summed E-state index contributed by atoms with van der Waals surface area (Å²) in [6.45, 7) is 3.18. The number of carboxylic acids is 1. The van der Waals surface area contributed by atoms with Crippen molar-refractivity contribution in [2.75, 3.05) is 7.11 Å². The van der Waals surface area contributed by atoms with Crippen molar-refractivity contribution >= 4 is 11.8 Å². The van der Waals surface area contributed by atoms with Crippen molar-refractivity contribution in [2.24, 2.45) is 0 Å². The molecule has 0 heterocycles. The van der Waals surface area contributed by atoms with E-state index in [4.69, 9.17) is 9.84 Å². The first-order valence-electron chi connectivity index (χ1n) is 4.82. The smallest absolute Gasteiger partial charge is 0.373 e. The maximum absolute atomic E-state index is 11.5. The predicted octanol–water partition coefficient (Wildman–Crippen LogP) is 1.63. The second-order valence-corrected chi connectivity index (χ2v) is 3.99. The van der Waals surface area contributed by atoms with Crippen LogP contribution in [0.4, 0.5) is 0 Å². The summed E-state index contributed by atoms with van der Waals surface area (Å²) in [6, 6.07) is 6.79. The highest BCUT2D eigenvalue weighted by molar-refractivity contribution is 6.36. The third kappa shape index (κ3) is 2.21. The Kier molecular flexibility index (Phi) is 3.32. The number of ether oxygens (including phenoxy) is 1. The first-order chi connectivity index (χ1) is 7.39. The Balaban J connectivity index is 3.07. The third-order valence-electron chi connectivity index (χ3n) is 2.57. The number of hydrogen-bond acceptors (Lipinski definition) is 3. The van der Waals surface area contributed by atoms with E-state index in [9.17, 15) is 9.59 Å². The largest absolute Gasteiger partial charge is 0.497 e. The van der Waals surface area contributed by atoms with Crippen molar-refractivity contribution in [3.8, 4) is 5.75 Å². The van der Waals surface area contributed by atoms with Crippen LogP contribution < -0.4 is 4.74 Å². The van der Waals surface area contributed by atoms with E-state index in [0.29, 0.717) is 11.3 Å². The Morgan fingerprint density at radius 3 is 2.06 bits per heavy atom. The minimum atomic E-state index is -1.42. The molecule has 0 atom stereocenters. The molecule has 0 saturated heterocycles. The molecule has 0 aliphatic rings. The van der Waals surface area contributed by atoms with Gasteiger partial charge in [-0.3, -0.25) is 4.79 Å². The molecule has 0 fully saturated rings. The van der Waals surface area contributed by atoms with Crippen molar-refractivity contribution in [3.05, 3.63) is 29.8 Å². The summed E-state index contributed by atoms with van der Waals surface area (Å²) in [5.74, 6) is -1.57. The summed E-state index contributed by atoms with van der Waals surface area (Å²) in [6.07, 6.45) is 0. The van der Waals surface area contributed by atoms with Crippen LogP contribution in [0.2, 0.25) is 0 Å². The highest BCUT2D eigenvalue weighted by Gasteiger charge is 2.34. The summed E-state index contributed by atoms with van der Waals surface area (Å²) in [5.41, 5.74) is -0.376. The third-order valence-corrected chi connectivity index (χ3v) is 2.57. The van der Waals surface area contributed by atoms with Crippen molar-refractivity contribution in [3.63, 3.8) is 0 Å². The van der Waals surface area contributed by atoms with Crippen molar-refractivity contribution < 1.29 is 19.4 Å². The van der Waals surface area contributed by atoms with E-state index >= 15 is 0 Å². The van der Waals surface area contributed by atoms with Gasteiger partial charge in [-0.05, 0) is 31.5 Å². The molecular weight excluding hydrogens is 208 g/mol. The van der Waals surface area contributed by atoms with Gasteiger partial charge in [0.1, 0.15) is 5.75 Å². The van der Waals surface area contributed by atoms with Gasteiger partial charge in [-0.2, -0.15) is 0 Å². The standard InChI is InChI=1S/C12H14O4/c1-12(2,10(13)11(14)15)8-4-6-9(16-3)7-5-8/h4-7H,1-3H3,(H,14,15). The monoisotopic (exact) mass is 222 g/mol. The number of ketones is 1. The van der Waals surface area contributed by atoms with E-state index in [1.807, 2.05) is 0 Å². The van der Waals surface area contributed by atoms with Crippen LogP contribution in [0, 0.1) is 0 Å². The Morgan fingerprint density at radius 1 is 1.19 bits per heavy atom. The van der Waals surface area contributed by atoms with Gasteiger partial charge in [0.05, 0.1) is 12.5 Å². The number of aliphatic carboxylic acids is 1. The number of hydrogen-bond donors (Lipinski definition) is 1. The first-order valence-corrected chi connectivity index (χ1v) is 4.82. The lowest BCUT2D eigenvalue weighted by atomic mass is 9.80. The fourth-order valence-electron chi connectivity index (χ4n) is 1.41. The normalized spacial score (nSPS) is 10.9. The highest BCUT2D eigenvalue weighted by Crippen LogP contribution is 2.26. The zero-order valence-electron chi connectivity index (χ0n) is 9.48. The van der Waals surface area contributed by atoms with Crippen LogP contribution in [0.5, 0.6) is 5.75 Å². The molecule has 0 bridgehead atoms. The molecule has 16 heavy (non-hydrogen) atoms. The molecule has 1 aromatic carbocycles. The maximum atomic E-state index is 11.5. The molecule has 0 radical (unpaired) electrons. The molecule has 0 unspecified atom stereocenters. The Morgan fingerprint density at radius 2 is 1.69 bits per heavy atom.